The molecule has 0 bridgehead atoms. The first kappa shape index (κ1) is 13.8. The summed E-state index contributed by atoms with van der Waals surface area (Å²) in [5, 5.41) is 8.64. The van der Waals surface area contributed by atoms with Crippen LogP contribution in [0.2, 0.25) is 0 Å². The van der Waals surface area contributed by atoms with E-state index >= 15 is 0 Å². The van der Waals surface area contributed by atoms with Gasteiger partial charge in [0.1, 0.15) is 11.9 Å². The van der Waals surface area contributed by atoms with E-state index in [4.69, 9.17) is 14.3 Å². The lowest BCUT2D eigenvalue weighted by Gasteiger charge is -1.97. The maximum absolute atomic E-state index is 11.4. The molecule has 0 unspecified atom stereocenters. The second-order valence-corrected chi connectivity index (χ2v) is 3.96. The number of ether oxygens (including phenoxy) is 1. The maximum atomic E-state index is 11.4. The summed E-state index contributed by atoms with van der Waals surface area (Å²) in [6, 6.07) is 5.17. The molecule has 0 saturated carbocycles. The lowest BCUT2D eigenvalue weighted by Crippen LogP contribution is -2.07. The molecule has 0 amide bonds. The zero-order chi connectivity index (χ0) is 14.5. The average molecular weight is 275 g/mol. The molecule has 2 rings (SSSR count). The third kappa shape index (κ3) is 3.23. The highest BCUT2D eigenvalue weighted by atomic mass is 16.5. The van der Waals surface area contributed by atoms with Crippen LogP contribution in [0, 0.1) is 0 Å². The van der Waals surface area contributed by atoms with Gasteiger partial charge in [0.2, 0.25) is 5.89 Å². The van der Waals surface area contributed by atoms with Crippen molar-refractivity contribution in [3.63, 3.8) is 0 Å². The van der Waals surface area contributed by atoms with Crippen LogP contribution in [-0.4, -0.2) is 28.6 Å². The number of esters is 1. The number of carbonyl (C=O) groups excluding carboxylic acids is 1. The number of benzene rings is 1. The van der Waals surface area contributed by atoms with Gasteiger partial charge in [-0.3, -0.25) is 4.79 Å². The van der Waals surface area contributed by atoms with Gasteiger partial charge in [0.25, 0.3) is 0 Å². The van der Waals surface area contributed by atoms with Crippen molar-refractivity contribution in [3.05, 3.63) is 35.7 Å². The van der Waals surface area contributed by atoms with Crippen molar-refractivity contribution in [2.45, 2.75) is 13.3 Å². The first-order valence-corrected chi connectivity index (χ1v) is 6.05. The van der Waals surface area contributed by atoms with Crippen LogP contribution < -0.4 is 0 Å². The number of nitrogens with zero attached hydrogens (tertiary/aromatic N) is 1. The molecule has 0 aliphatic rings. The minimum atomic E-state index is -1.05. The van der Waals surface area contributed by atoms with Gasteiger partial charge < -0.3 is 14.3 Å². The van der Waals surface area contributed by atoms with Crippen LogP contribution in [0.15, 0.2) is 28.7 Å². The van der Waals surface area contributed by atoms with E-state index in [0.717, 1.165) is 6.08 Å². The molecule has 2 aromatic rings. The van der Waals surface area contributed by atoms with Gasteiger partial charge in [0.15, 0.2) is 5.58 Å². The van der Waals surface area contributed by atoms with Gasteiger partial charge in [-0.1, -0.05) is 12.1 Å². The molecule has 1 aromatic carbocycles. The summed E-state index contributed by atoms with van der Waals surface area (Å²) in [6.45, 7) is 2.02. The third-order valence-corrected chi connectivity index (χ3v) is 2.50. The Labute approximate surface area is 114 Å². The Bertz CT molecular complexity index is 671. The standard InChI is InChI=1S/C14H13NO5/c1-2-19-13(18)8-11-15-10-5-3-4-9(14(10)20-11)6-7-12(16)17/h3-7H,2,8H2,1H3,(H,16,17)/b7-6+. The van der Waals surface area contributed by atoms with Crippen molar-refractivity contribution in [1.29, 1.82) is 0 Å². The second kappa shape index (κ2) is 6.01. The van der Waals surface area contributed by atoms with Crippen LogP contribution >= 0.6 is 0 Å². The lowest BCUT2D eigenvalue weighted by atomic mass is 10.2. The molecule has 0 atom stereocenters. The van der Waals surface area contributed by atoms with Crippen molar-refractivity contribution in [2.75, 3.05) is 6.61 Å². The Hall–Kier alpha value is -2.63. The smallest absolute Gasteiger partial charge is 0.328 e. The van der Waals surface area contributed by atoms with E-state index in [1.165, 1.54) is 6.08 Å². The van der Waals surface area contributed by atoms with E-state index in [0.29, 0.717) is 23.3 Å². The monoisotopic (exact) mass is 275 g/mol. The van der Waals surface area contributed by atoms with Crippen LogP contribution in [0.4, 0.5) is 0 Å². The largest absolute Gasteiger partial charge is 0.478 e. The Morgan fingerprint density at radius 2 is 2.25 bits per heavy atom. The SMILES string of the molecule is CCOC(=O)Cc1nc2cccc(/C=C/C(=O)O)c2o1. The van der Waals surface area contributed by atoms with Crippen LogP contribution in [0.1, 0.15) is 18.4 Å². The molecule has 20 heavy (non-hydrogen) atoms. The highest BCUT2D eigenvalue weighted by molar-refractivity contribution is 5.90. The van der Waals surface area contributed by atoms with Gasteiger partial charge in [0, 0.05) is 11.6 Å². The summed E-state index contributed by atoms with van der Waals surface area (Å²) in [7, 11) is 0. The van der Waals surface area contributed by atoms with Crippen LogP contribution in [0.25, 0.3) is 17.2 Å². The predicted octanol–water partition coefficient (Wildman–Crippen LogP) is 2.03. The fourth-order valence-electron chi connectivity index (χ4n) is 1.72. The number of para-hydroxylation sites is 1. The molecule has 6 nitrogen and oxygen atoms in total. The zero-order valence-electron chi connectivity index (χ0n) is 10.8. The number of aromatic nitrogens is 1. The minimum Gasteiger partial charge on any atom is -0.478 e. The number of hydrogen-bond acceptors (Lipinski definition) is 5. The van der Waals surface area contributed by atoms with Crippen LogP contribution in [-0.2, 0) is 20.7 Å². The number of carboxylic acid groups (broad SMARTS) is 1. The van der Waals surface area contributed by atoms with Crippen molar-refractivity contribution in [1.82, 2.24) is 4.98 Å². The van der Waals surface area contributed by atoms with Crippen molar-refractivity contribution < 1.29 is 23.8 Å². The third-order valence-electron chi connectivity index (χ3n) is 2.50. The van der Waals surface area contributed by atoms with E-state index in [1.807, 2.05) is 0 Å². The zero-order valence-corrected chi connectivity index (χ0v) is 10.8. The Kier molecular flexibility index (Phi) is 4.14. The van der Waals surface area contributed by atoms with E-state index in [-0.39, 0.29) is 12.3 Å². The minimum absolute atomic E-state index is 0.0510. The fraction of sp³-hybridized carbons (Fsp3) is 0.214. The number of aliphatic carboxylic acids is 1. The van der Waals surface area contributed by atoms with Crippen molar-refractivity contribution in [3.8, 4) is 0 Å². The van der Waals surface area contributed by atoms with Gasteiger partial charge in [-0.25, -0.2) is 9.78 Å². The summed E-state index contributed by atoms with van der Waals surface area (Å²) in [5.74, 6) is -1.22. The average Bonchev–Trinajstić information content (AvgIpc) is 2.79. The molecule has 0 spiro atoms. The number of fused-ring (bicyclic) bond motifs is 1. The number of rotatable bonds is 5. The highest BCUT2D eigenvalue weighted by Crippen LogP contribution is 2.21. The summed E-state index contributed by atoms with van der Waals surface area (Å²) in [5.41, 5.74) is 1.61. The molecule has 0 aliphatic carbocycles. The van der Waals surface area contributed by atoms with Crippen LogP contribution in [0.3, 0.4) is 0 Å². The lowest BCUT2D eigenvalue weighted by molar-refractivity contribution is -0.142. The summed E-state index contributed by atoms with van der Waals surface area (Å²) < 4.78 is 10.3. The van der Waals surface area contributed by atoms with Gasteiger partial charge in [-0.05, 0) is 19.1 Å². The number of hydrogen-bond donors (Lipinski definition) is 1. The molecule has 6 heteroatoms. The predicted molar refractivity (Wildman–Crippen MR) is 71.0 cm³/mol. The maximum Gasteiger partial charge on any atom is 0.328 e. The summed E-state index contributed by atoms with van der Waals surface area (Å²) in [4.78, 5) is 26.1. The summed E-state index contributed by atoms with van der Waals surface area (Å²) >= 11 is 0. The van der Waals surface area contributed by atoms with Crippen molar-refractivity contribution >= 4 is 29.1 Å². The second-order valence-electron chi connectivity index (χ2n) is 3.96. The number of carboxylic acids is 1. The first-order chi connectivity index (χ1) is 9.60. The molecule has 104 valence electrons. The topological polar surface area (TPSA) is 89.6 Å². The fourth-order valence-corrected chi connectivity index (χ4v) is 1.72. The molecular weight excluding hydrogens is 262 g/mol. The van der Waals surface area contributed by atoms with E-state index in [1.54, 1.807) is 25.1 Å². The quantitative estimate of drug-likeness (QED) is 0.663. The summed E-state index contributed by atoms with van der Waals surface area (Å²) in [6.07, 6.45) is 2.39. The van der Waals surface area contributed by atoms with Gasteiger partial charge >= 0.3 is 11.9 Å². The van der Waals surface area contributed by atoms with Gasteiger partial charge in [-0.2, -0.15) is 0 Å². The van der Waals surface area contributed by atoms with E-state index in [9.17, 15) is 9.59 Å². The molecule has 1 aromatic heterocycles. The Morgan fingerprint density at radius 1 is 1.45 bits per heavy atom. The first-order valence-electron chi connectivity index (χ1n) is 6.05. The molecule has 1 N–H and O–H groups in total. The van der Waals surface area contributed by atoms with E-state index < -0.39 is 11.9 Å². The molecule has 0 radical (unpaired) electrons. The Balaban J connectivity index is 2.31. The van der Waals surface area contributed by atoms with Crippen LogP contribution in [0.5, 0.6) is 0 Å². The molecule has 0 saturated heterocycles. The van der Waals surface area contributed by atoms with Gasteiger partial charge in [0.05, 0.1) is 6.61 Å². The molecular formula is C14H13NO5. The molecule has 0 aliphatic heterocycles. The van der Waals surface area contributed by atoms with E-state index in [2.05, 4.69) is 4.98 Å². The van der Waals surface area contributed by atoms with Crippen molar-refractivity contribution in [2.24, 2.45) is 0 Å². The normalized spacial score (nSPS) is 11.1. The molecule has 0 fully saturated rings. The number of carbonyl (C=O) groups is 2. The molecule has 1 heterocycles. The Morgan fingerprint density at radius 3 is 2.95 bits per heavy atom. The number of oxazole rings is 1. The highest BCUT2D eigenvalue weighted by Gasteiger charge is 2.12. The van der Waals surface area contributed by atoms with Gasteiger partial charge in [-0.15, -0.1) is 0 Å².